The molecule has 1 aliphatic heterocycles. The normalized spacial score (nSPS) is 23.5. The number of halogens is 1. The van der Waals surface area contributed by atoms with E-state index >= 15 is 0 Å². The molecule has 1 unspecified atom stereocenters. The third-order valence-electron chi connectivity index (χ3n) is 3.62. The summed E-state index contributed by atoms with van der Waals surface area (Å²) in [5.74, 6) is 1.10. The summed E-state index contributed by atoms with van der Waals surface area (Å²) in [5.41, 5.74) is 1.33. The van der Waals surface area contributed by atoms with E-state index in [4.69, 9.17) is 0 Å². The van der Waals surface area contributed by atoms with E-state index in [1.54, 1.807) is 17.7 Å². The fraction of sp³-hybridized carbons (Fsp3) is 0.538. The van der Waals surface area contributed by atoms with Crippen LogP contribution in [0.2, 0.25) is 0 Å². The van der Waals surface area contributed by atoms with Gasteiger partial charge in [0.2, 0.25) is 0 Å². The van der Waals surface area contributed by atoms with Gasteiger partial charge in [-0.3, -0.25) is 0 Å². The summed E-state index contributed by atoms with van der Waals surface area (Å²) in [6, 6.07) is 2.06. The van der Waals surface area contributed by atoms with Crippen LogP contribution in [-0.4, -0.2) is 27.9 Å². The van der Waals surface area contributed by atoms with Crippen LogP contribution in [-0.2, 0) is 0 Å². The Morgan fingerprint density at radius 2 is 2.28 bits per heavy atom. The first-order valence-electron chi connectivity index (χ1n) is 6.15. The largest absolute Gasteiger partial charge is 0.355 e. The molecule has 0 radical (unpaired) electrons. The molecular weight excluding hydrogens is 310 g/mol. The number of nitrogens with zero attached hydrogens (tertiary/aromatic N) is 3. The molecule has 0 aromatic carbocycles. The van der Waals surface area contributed by atoms with Gasteiger partial charge in [0.25, 0.3) is 0 Å². The van der Waals surface area contributed by atoms with Crippen molar-refractivity contribution in [2.24, 2.45) is 5.41 Å². The van der Waals surface area contributed by atoms with E-state index < -0.39 is 0 Å². The third-order valence-corrected chi connectivity index (χ3v) is 6.22. The summed E-state index contributed by atoms with van der Waals surface area (Å²) in [6.07, 6.45) is 2.83. The lowest BCUT2D eigenvalue weighted by Gasteiger charge is -2.42. The van der Waals surface area contributed by atoms with E-state index in [1.165, 1.54) is 4.70 Å². The van der Waals surface area contributed by atoms with Crippen LogP contribution in [0.4, 0.5) is 5.82 Å². The summed E-state index contributed by atoms with van der Waals surface area (Å²) in [7, 11) is 0. The van der Waals surface area contributed by atoms with Gasteiger partial charge in [-0.1, -0.05) is 29.8 Å². The second kappa shape index (κ2) is 4.46. The van der Waals surface area contributed by atoms with Crippen molar-refractivity contribution in [2.75, 3.05) is 18.0 Å². The molecule has 3 rings (SSSR count). The minimum absolute atomic E-state index is 0.271. The average Bonchev–Trinajstić information content (AvgIpc) is 2.80. The molecule has 1 saturated heterocycles. The molecule has 2 aromatic rings. The monoisotopic (exact) mass is 325 g/mol. The lowest BCUT2D eigenvalue weighted by Crippen LogP contribution is -2.46. The average molecular weight is 326 g/mol. The number of anilines is 1. The highest BCUT2D eigenvalue weighted by atomic mass is 79.9. The molecule has 5 heteroatoms. The zero-order valence-electron chi connectivity index (χ0n) is 10.6. The first-order chi connectivity index (χ1) is 8.58. The minimum atomic E-state index is 0.271. The van der Waals surface area contributed by atoms with Crippen molar-refractivity contribution >= 4 is 43.3 Å². The van der Waals surface area contributed by atoms with Crippen molar-refractivity contribution < 1.29 is 0 Å². The molecule has 1 aliphatic rings. The summed E-state index contributed by atoms with van der Waals surface area (Å²) in [6.45, 7) is 6.72. The van der Waals surface area contributed by atoms with Gasteiger partial charge >= 0.3 is 0 Å². The van der Waals surface area contributed by atoms with Crippen LogP contribution >= 0.6 is 27.3 Å². The Bertz CT molecular complexity index is 566. The van der Waals surface area contributed by atoms with E-state index in [-0.39, 0.29) is 5.41 Å². The highest BCUT2D eigenvalue weighted by Crippen LogP contribution is 2.38. The van der Waals surface area contributed by atoms with Crippen molar-refractivity contribution in [3.05, 3.63) is 17.8 Å². The quantitative estimate of drug-likeness (QED) is 0.749. The Labute approximate surface area is 119 Å². The first-order valence-corrected chi connectivity index (χ1v) is 7.95. The Kier molecular flexibility index (Phi) is 3.06. The van der Waals surface area contributed by atoms with Crippen molar-refractivity contribution in [1.29, 1.82) is 0 Å². The number of fused-ring (bicyclic) bond motifs is 1. The lowest BCUT2D eigenvalue weighted by molar-refractivity contribution is 0.309. The molecular formula is C13H16BrN3S. The van der Waals surface area contributed by atoms with Gasteiger partial charge < -0.3 is 4.90 Å². The molecule has 1 fully saturated rings. The van der Waals surface area contributed by atoms with Crippen molar-refractivity contribution in [1.82, 2.24) is 9.97 Å². The molecule has 0 spiro atoms. The van der Waals surface area contributed by atoms with Gasteiger partial charge in [-0.25, -0.2) is 9.97 Å². The summed E-state index contributed by atoms with van der Waals surface area (Å²) >= 11 is 5.53. The van der Waals surface area contributed by atoms with Crippen molar-refractivity contribution in [3.8, 4) is 0 Å². The molecule has 0 aliphatic carbocycles. The van der Waals surface area contributed by atoms with Gasteiger partial charge in [-0.2, -0.15) is 0 Å². The first kappa shape index (κ1) is 12.4. The number of thiophene rings is 1. The molecule has 0 saturated carbocycles. The summed E-state index contributed by atoms with van der Waals surface area (Å²) in [5, 5.41) is 2.09. The molecule has 18 heavy (non-hydrogen) atoms. The van der Waals surface area contributed by atoms with Gasteiger partial charge in [-0.05, 0) is 23.3 Å². The van der Waals surface area contributed by atoms with E-state index in [0.29, 0.717) is 4.83 Å². The van der Waals surface area contributed by atoms with Crippen LogP contribution in [0.3, 0.4) is 0 Å². The van der Waals surface area contributed by atoms with Crippen molar-refractivity contribution in [3.63, 3.8) is 0 Å². The summed E-state index contributed by atoms with van der Waals surface area (Å²) in [4.78, 5) is 11.8. The molecule has 0 bridgehead atoms. The van der Waals surface area contributed by atoms with Gasteiger partial charge in [-0.15, -0.1) is 11.3 Å². The fourth-order valence-corrected chi connectivity index (χ4v) is 3.72. The minimum Gasteiger partial charge on any atom is -0.355 e. The molecule has 3 heterocycles. The SMILES string of the molecule is CC1(C)CN(c2ncnc3ccsc23)CCC1Br. The maximum absolute atomic E-state index is 4.50. The number of aromatic nitrogens is 2. The number of rotatable bonds is 1. The smallest absolute Gasteiger partial charge is 0.150 e. The molecule has 96 valence electrons. The predicted octanol–water partition coefficient (Wildman–Crippen LogP) is 3.69. The van der Waals surface area contributed by atoms with Crippen molar-refractivity contribution in [2.45, 2.75) is 25.1 Å². The van der Waals surface area contributed by atoms with Crippen LogP contribution in [0.5, 0.6) is 0 Å². The van der Waals surface area contributed by atoms with E-state index in [1.807, 2.05) is 0 Å². The molecule has 1 atom stereocenters. The molecule has 3 nitrogen and oxygen atoms in total. The predicted molar refractivity (Wildman–Crippen MR) is 80.7 cm³/mol. The Balaban J connectivity index is 1.98. The van der Waals surface area contributed by atoms with Crippen LogP contribution in [0, 0.1) is 5.41 Å². The lowest BCUT2D eigenvalue weighted by atomic mass is 9.84. The molecule has 0 amide bonds. The van der Waals surface area contributed by atoms with Gasteiger partial charge in [0.15, 0.2) is 0 Å². The van der Waals surface area contributed by atoms with Gasteiger partial charge in [0.1, 0.15) is 12.1 Å². The van der Waals surface area contributed by atoms with E-state index in [0.717, 1.165) is 30.8 Å². The second-order valence-corrected chi connectivity index (χ2v) is 7.52. The van der Waals surface area contributed by atoms with Crippen LogP contribution in [0.25, 0.3) is 10.2 Å². The zero-order valence-corrected chi connectivity index (χ0v) is 13.0. The Morgan fingerprint density at radius 3 is 3.06 bits per heavy atom. The standard InChI is InChI=1S/C13H16BrN3S/c1-13(2)7-17(5-3-10(13)14)12-11-9(4-6-18-11)15-8-16-12/h4,6,8,10H,3,5,7H2,1-2H3. The summed E-state index contributed by atoms with van der Waals surface area (Å²) < 4.78 is 1.21. The fourth-order valence-electron chi connectivity index (χ4n) is 2.51. The second-order valence-electron chi connectivity index (χ2n) is 5.50. The van der Waals surface area contributed by atoms with E-state index in [2.05, 4.69) is 56.1 Å². The Hall–Kier alpha value is -0.680. The Morgan fingerprint density at radius 1 is 1.44 bits per heavy atom. The van der Waals surface area contributed by atoms with Crippen LogP contribution in [0.15, 0.2) is 17.8 Å². The molecule has 2 aromatic heterocycles. The topological polar surface area (TPSA) is 29.0 Å². The van der Waals surface area contributed by atoms with E-state index in [9.17, 15) is 0 Å². The molecule has 0 N–H and O–H groups in total. The van der Waals surface area contributed by atoms with Crippen LogP contribution in [0.1, 0.15) is 20.3 Å². The number of piperidine rings is 1. The van der Waals surface area contributed by atoms with Crippen LogP contribution < -0.4 is 4.90 Å². The number of hydrogen-bond acceptors (Lipinski definition) is 4. The third kappa shape index (κ3) is 2.03. The number of hydrogen-bond donors (Lipinski definition) is 0. The highest BCUT2D eigenvalue weighted by Gasteiger charge is 2.35. The maximum Gasteiger partial charge on any atom is 0.150 e. The zero-order chi connectivity index (χ0) is 12.8. The van der Waals surface area contributed by atoms with Gasteiger partial charge in [0, 0.05) is 17.9 Å². The van der Waals surface area contributed by atoms with Gasteiger partial charge in [0.05, 0.1) is 10.2 Å². The maximum atomic E-state index is 4.50. The number of alkyl halides is 1. The highest BCUT2D eigenvalue weighted by molar-refractivity contribution is 9.09.